The van der Waals surface area contributed by atoms with E-state index < -0.39 is 5.82 Å². The van der Waals surface area contributed by atoms with Crippen molar-refractivity contribution in [2.24, 2.45) is 0 Å². The molecule has 0 saturated carbocycles. The van der Waals surface area contributed by atoms with Crippen molar-refractivity contribution in [2.45, 2.75) is 12.8 Å². The fourth-order valence-corrected chi connectivity index (χ4v) is 3.47. The van der Waals surface area contributed by atoms with E-state index in [1.54, 1.807) is 19.1 Å². The molecule has 0 bridgehead atoms. The molecule has 0 radical (unpaired) electrons. The summed E-state index contributed by atoms with van der Waals surface area (Å²) >= 11 is 12.4. The molecule has 2 nitrogen and oxygen atoms in total. The Kier molecular flexibility index (Phi) is 4.11. The van der Waals surface area contributed by atoms with E-state index in [-0.39, 0.29) is 11.5 Å². The minimum atomic E-state index is -0.459. The lowest BCUT2D eigenvalue weighted by Crippen LogP contribution is -2.45. The lowest BCUT2D eigenvalue weighted by atomic mass is 9.88. The van der Waals surface area contributed by atoms with Crippen molar-refractivity contribution in [1.82, 2.24) is 0 Å². The molecule has 0 spiro atoms. The molecule has 114 valence electrons. The summed E-state index contributed by atoms with van der Waals surface area (Å²) in [6.07, 6.45) is 0.561. The third-order valence-electron chi connectivity index (χ3n) is 4.08. The van der Waals surface area contributed by atoms with Crippen molar-refractivity contribution in [3.63, 3.8) is 0 Å². The average Bonchev–Trinajstić information content (AvgIpc) is 2.40. The molecule has 1 aliphatic heterocycles. The number of aryl methyl sites for hydroxylation is 1. The number of nitrogens with zero attached hydrogens (tertiary/aromatic N) is 1. The highest BCUT2D eigenvalue weighted by Gasteiger charge is 2.31. The molecule has 1 fully saturated rings. The van der Waals surface area contributed by atoms with Crippen molar-refractivity contribution in [3.8, 4) is 0 Å². The summed E-state index contributed by atoms with van der Waals surface area (Å²) in [5.41, 5.74) is 2.53. The summed E-state index contributed by atoms with van der Waals surface area (Å²) in [6, 6.07) is 8.75. The maximum absolute atomic E-state index is 13.9. The average molecular weight is 338 g/mol. The van der Waals surface area contributed by atoms with E-state index >= 15 is 0 Å². The molecule has 1 heterocycles. The van der Waals surface area contributed by atoms with Crippen LogP contribution in [0.2, 0.25) is 10.0 Å². The van der Waals surface area contributed by atoms with Crippen molar-refractivity contribution in [1.29, 1.82) is 0 Å². The highest BCUT2D eigenvalue weighted by Crippen LogP contribution is 2.40. The third kappa shape index (κ3) is 2.59. The van der Waals surface area contributed by atoms with E-state index in [0.717, 1.165) is 24.3 Å². The number of hydrogen-bond acceptors (Lipinski definition) is 2. The Labute approximate surface area is 138 Å². The summed E-state index contributed by atoms with van der Waals surface area (Å²) in [5.74, 6) is -0.250. The lowest BCUT2D eigenvalue weighted by molar-refractivity contribution is 0.111. The standard InChI is InChI=1S/C17H14Cl2FNO/c1-10-5-11(6-16(20)13(10)9-22)12-7-21(8-12)17-14(18)3-2-4-15(17)19/h2-6,9,12H,7-8H2,1H3. The second-order valence-corrected chi connectivity index (χ2v) is 6.34. The molecule has 0 unspecified atom stereocenters. The molecule has 3 rings (SSSR count). The molecule has 1 aliphatic rings. The van der Waals surface area contributed by atoms with Crippen LogP contribution < -0.4 is 4.90 Å². The molecular weight excluding hydrogens is 324 g/mol. The molecule has 0 aromatic heterocycles. The largest absolute Gasteiger partial charge is 0.368 e. The number of rotatable bonds is 3. The van der Waals surface area contributed by atoms with Crippen LogP contribution >= 0.6 is 23.2 Å². The van der Waals surface area contributed by atoms with Gasteiger partial charge in [-0.25, -0.2) is 4.39 Å². The number of benzene rings is 2. The fourth-order valence-electron chi connectivity index (χ4n) is 2.83. The molecular formula is C17H14Cl2FNO. The number of carbonyl (C=O) groups is 1. The number of carbonyl (C=O) groups excluding carboxylic acids is 1. The molecule has 22 heavy (non-hydrogen) atoms. The first-order chi connectivity index (χ1) is 10.5. The molecule has 0 N–H and O–H groups in total. The molecule has 0 aliphatic carbocycles. The van der Waals surface area contributed by atoms with Crippen molar-refractivity contribution in [2.75, 3.05) is 18.0 Å². The zero-order chi connectivity index (χ0) is 15.9. The van der Waals surface area contributed by atoms with Crippen molar-refractivity contribution in [3.05, 3.63) is 62.9 Å². The SMILES string of the molecule is Cc1cc(C2CN(c3c(Cl)cccc3Cl)C2)cc(F)c1C=O. The van der Waals surface area contributed by atoms with Gasteiger partial charge in [-0.1, -0.05) is 35.3 Å². The van der Waals surface area contributed by atoms with Gasteiger partial charge in [0.25, 0.3) is 0 Å². The Morgan fingerprint density at radius 1 is 1.23 bits per heavy atom. The normalized spacial score (nSPS) is 14.8. The van der Waals surface area contributed by atoms with Crippen molar-refractivity contribution < 1.29 is 9.18 Å². The predicted molar refractivity (Wildman–Crippen MR) is 87.9 cm³/mol. The summed E-state index contributed by atoms with van der Waals surface area (Å²) in [7, 11) is 0. The Bertz CT molecular complexity index is 698. The number of halogens is 3. The predicted octanol–water partition coefficient (Wildman–Crippen LogP) is 4.86. The number of para-hydroxylation sites is 1. The number of aldehydes is 1. The zero-order valence-electron chi connectivity index (χ0n) is 11.9. The van der Waals surface area contributed by atoms with Crippen LogP contribution in [0.25, 0.3) is 0 Å². The monoisotopic (exact) mass is 337 g/mol. The molecule has 1 saturated heterocycles. The van der Waals surface area contributed by atoms with Gasteiger partial charge in [0.2, 0.25) is 0 Å². The van der Waals surface area contributed by atoms with Crippen LogP contribution in [0.5, 0.6) is 0 Å². The van der Waals surface area contributed by atoms with Gasteiger partial charge in [-0.05, 0) is 36.2 Å². The van der Waals surface area contributed by atoms with Gasteiger partial charge in [-0.3, -0.25) is 4.79 Å². The summed E-state index contributed by atoms with van der Waals surface area (Å²) in [4.78, 5) is 12.9. The van der Waals surface area contributed by atoms with Gasteiger partial charge in [0, 0.05) is 19.0 Å². The minimum Gasteiger partial charge on any atom is -0.368 e. The number of anilines is 1. The highest BCUT2D eigenvalue weighted by molar-refractivity contribution is 6.39. The Morgan fingerprint density at radius 3 is 2.41 bits per heavy atom. The molecule has 0 amide bonds. The van der Waals surface area contributed by atoms with Gasteiger partial charge in [-0.2, -0.15) is 0 Å². The van der Waals surface area contributed by atoms with Crippen LogP contribution in [0.1, 0.15) is 27.4 Å². The van der Waals surface area contributed by atoms with E-state index in [4.69, 9.17) is 23.2 Å². The topological polar surface area (TPSA) is 20.3 Å². The molecule has 0 atom stereocenters. The molecule has 2 aromatic carbocycles. The zero-order valence-corrected chi connectivity index (χ0v) is 13.5. The van der Waals surface area contributed by atoms with Gasteiger partial charge in [-0.15, -0.1) is 0 Å². The first-order valence-electron chi connectivity index (χ1n) is 6.95. The molecule has 2 aromatic rings. The van der Waals surface area contributed by atoms with Crippen molar-refractivity contribution >= 4 is 35.2 Å². The smallest absolute Gasteiger partial charge is 0.153 e. The summed E-state index contributed by atoms with van der Waals surface area (Å²) < 4.78 is 13.9. The van der Waals surface area contributed by atoms with Gasteiger partial charge in [0.1, 0.15) is 5.82 Å². The highest BCUT2D eigenvalue weighted by atomic mass is 35.5. The number of hydrogen-bond donors (Lipinski definition) is 0. The summed E-state index contributed by atoms with van der Waals surface area (Å²) in [6.45, 7) is 3.20. The first kappa shape index (κ1) is 15.3. The van der Waals surface area contributed by atoms with Crippen LogP contribution in [-0.2, 0) is 0 Å². The molecule has 5 heteroatoms. The van der Waals surface area contributed by atoms with E-state index in [1.807, 2.05) is 12.1 Å². The fraction of sp³-hybridized carbons (Fsp3) is 0.235. The maximum Gasteiger partial charge on any atom is 0.153 e. The van der Waals surface area contributed by atoms with E-state index in [1.165, 1.54) is 6.07 Å². The maximum atomic E-state index is 13.9. The van der Waals surface area contributed by atoms with E-state index in [2.05, 4.69) is 4.90 Å². The quantitative estimate of drug-likeness (QED) is 0.745. The Balaban J connectivity index is 1.81. The minimum absolute atomic E-state index is 0.133. The summed E-state index contributed by atoms with van der Waals surface area (Å²) in [5, 5.41) is 1.23. The van der Waals surface area contributed by atoms with Crippen LogP contribution in [0.4, 0.5) is 10.1 Å². The third-order valence-corrected chi connectivity index (χ3v) is 4.69. The second kappa shape index (κ2) is 5.90. The van der Waals surface area contributed by atoms with Crippen LogP contribution in [-0.4, -0.2) is 19.4 Å². The lowest BCUT2D eigenvalue weighted by Gasteiger charge is -2.42. The van der Waals surface area contributed by atoms with Crippen LogP contribution in [0, 0.1) is 12.7 Å². The van der Waals surface area contributed by atoms with Gasteiger partial charge in [0.15, 0.2) is 6.29 Å². The second-order valence-electron chi connectivity index (χ2n) is 5.52. The van der Waals surface area contributed by atoms with Crippen LogP contribution in [0.15, 0.2) is 30.3 Å². The van der Waals surface area contributed by atoms with Crippen LogP contribution in [0.3, 0.4) is 0 Å². The first-order valence-corrected chi connectivity index (χ1v) is 7.71. The van der Waals surface area contributed by atoms with Gasteiger partial charge >= 0.3 is 0 Å². The van der Waals surface area contributed by atoms with E-state index in [0.29, 0.717) is 21.9 Å². The Morgan fingerprint density at radius 2 is 1.86 bits per heavy atom. The van der Waals surface area contributed by atoms with Gasteiger partial charge < -0.3 is 4.90 Å². The Hall–Kier alpha value is -1.58. The van der Waals surface area contributed by atoms with Gasteiger partial charge in [0.05, 0.1) is 21.3 Å². The van der Waals surface area contributed by atoms with E-state index in [9.17, 15) is 9.18 Å².